The number of aryl methyl sites for hydroxylation is 1. The lowest BCUT2D eigenvalue weighted by Gasteiger charge is -2.10. The van der Waals surface area contributed by atoms with E-state index >= 15 is 0 Å². The summed E-state index contributed by atoms with van der Waals surface area (Å²) in [6, 6.07) is 11.3. The number of nitrogens with one attached hydrogen (secondary N) is 1. The maximum Gasteiger partial charge on any atom is 0.255 e. The average Bonchev–Trinajstić information content (AvgIpc) is 2.38. The van der Waals surface area contributed by atoms with Gasteiger partial charge in [-0.1, -0.05) is 44.0 Å². The van der Waals surface area contributed by atoms with Gasteiger partial charge in [0.25, 0.3) is 5.91 Å². The number of hydrogen-bond donors (Lipinski definition) is 1. The van der Waals surface area contributed by atoms with Gasteiger partial charge in [0.05, 0.1) is 0 Å². The fourth-order valence-electron chi connectivity index (χ4n) is 1.67. The summed E-state index contributed by atoms with van der Waals surface area (Å²) in [6.07, 6.45) is 0. The van der Waals surface area contributed by atoms with E-state index in [0.29, 0.717) is 5.56 Å². The average molecular weight is 383 g/mol. The summed E-state index contributed by atoms with van der Waals surface area (Å²) >= 11 is 6.89. The van der Waals surface area contributed by atoms with E-state index in [0.717, 1.165) is 25.8 Å². The first-order chi connectivity index (χ1) is 8.99. The van der Waals surface area contributed by atoms with E-state index < -0.39 is 0 Å². The Morgan fingerprint density at radius 2 is 1.79 bits per heavy atom. The van der Waals surface area contributed by atoms with E-state index in [9.17, 15) is 4.79 Å². The maximum atomic E-state index is 12.2. The first-order valence-electron chi connectivity index (χ1n) is 5.81. The van der Waals surface area contributed by atoms with Gasteiger partial charge in [0.1, 0.15) is 0 Å². The molecule has 0 saturated carbocycles. The second kappa shape index (κ2) is 5.88. The fraction of sp³-hybridized carbons (Fsp3) is 0.133. The Balaban J connectivity index is 2.26. The Hall–Kier alpha value is -1.13. The molecular formula is C15H13Br2NO. The van der Waals surface area contributed by atoms with Gasteiger partial charge in [-0.05, 0) is 49.2 Å². The number of rotatable bonds is 2. The van der Waals surface area contributed by atoms with Gasteiger partial charge in [0.2, 0.25) is 0 Å². The summed E-state index contributed by atoms with van der Waals surface area (Å²) in [7, 11) is 0. The van der Waals surface area contributed by atoms with Crippen LogP contribution in [0, 0.1) is 13.8 Å². The van der Waals surface area contributed by atoms with Crippen molar-refractivity contribution >= 4 is 43.5 Å². The number of carbonyl (C=O) groups is 1. The van der Waals surface area contributed by atoms with Crippen molar-refractivity contribution < 1.29 is 4.79 Å². The molecule has 19 heavy (non-hydrogen) atoms. The summed E-state index contributed by atoms with van der Waals surface area (Å²) in [5, 5.41) is 2.92. The molecule has 1 amide bonds. The molecule has 2 aromatic carbocycles. The van der Waals surface area contributed by atoms with Crippen LogP contribution >= 0.6 is 31.9 Å². The molecule has 1 N–H and O–H groups in total. The smallest absolute Gasteiger partial charge is 0.255 e. The number of amides is 1. The van der Waals surface area contributed by atoms with Gasteiger partial charge in [0.15, 0.2) is 0 Å². The molecule has 0 radical (unpaired) electrons. The minimum atomic E-state index is -0.109. The van der Waals surface area contributed by atoms with E-state index in [1.807, 2.05) is 50.2 Å². The second-order valence-corrected chi connectivity index (χ2v) is 6.04. The third-order valence-corrected chi connectivity index (χ3v) is 4.66. The van der Waals surface area contributed by atoms with Gasteiger partial charge in [-0.2, -0.15) is 0 Å². The third-order valence-electron chi connectivity index (χ3n) is 2.95. The van der Waals surface area contributed by atoms with Crippen LogP contribution in [0.4, 0.5) is 5.69 Å². The lowest BCUT2D eigenvalue weighted by molar-refractivity contribution is 0.102. The summed E-state index contributed by atoms with van der Waals surface area (Å²) in [5.74, 6) is -0.109. The third kappa shape index (κ3) is 3.25. The predicted molar refractivity (Wildman–Crippen MR) is 85.7 cm³/mol. The Morgan fingerprint density at radius 3 is 2.47 bits per heavy atom. The first-order valence-corrected chi connectivity index (χ1v) is 7.40. The Bertz CT molecular complexity index is 638. The first kappa shape index (κ1) is 14.3. The largest absolute Gasteiger partial charge is 0.322 e. The number of hydrogen-bond acceptors (Lipinski definition) is 1. The van der Waals surface area contributed by atoms with Crippen LogP contribution in [0.2, 0.25) is 0 Å². The van der Waals surface area contributed by atoms with E-state index in [1.165, 1.54) is 0 Å². The summed E-state index contributed by atoms with van der Waals surface area (Å²) in [4.78, 5) is 12.2. The van der Waals surface area contributed by atoms with Crippen molar-refractivity contribution in [3.8, 4) is 0 Å². The molecule has 0 aliphatic heterocycles. The molecule has 0 aliphatic rings. The lowest BCUT2D eigenvalue weighted by Crippen LogP contribution is -2.13. The van der Waals surface area contributed by atoms with E-state index in [2.05, 4.69) is 37.2 Å². The zero-order valence-electron chi connectivity index (χ0n) is 10.6. The van der Waals surface area contributed by atoms with Crippen molar-refractivity contribution in [2.24, 2.45) is 0 Å². The van der Waals surface area contributed by atoms with E-state index in [4.69, 9.17) is 0 Å². The molecule has 0 bridgehead atoms. The SMILES string of the molecule is Cc1ccc(C(=O)Nc2cccc(Br)c2C)cc1Br. The molecule has 0 aliphatic carbocycles. The highest BCUT2D eigenvalue weighted by Crippen LogP contribution is 2.24. The highest BCUT2D eigenvalue weighted by molar-refractivity contribution is 9.10. The maximum absolute atomic E-state index is 12.2. The van der Waals surface area contributed by atoms with Crippen LogP contribution in [0.3, 0.4) is 0 Å². The Kier molecular flexibility index (Phi) is 4.42. The van der Waals surface area contributed by atoms with E-state index in [1.54, 1.807) is 0 Å². The molecule has 0 unspecified atom stereocenters. The lowest BCUT2D eigenvalue weighted by atomic mass is 10.1. The predicted octanol–water partition coefficient (Wildman–Crippen LogP) is 5.08. The molecule has 0 fully saturated rings. The van der Waals surface area contributed by atoms with Crippen LogP contribution in [0.15, 0.2) is 45.3 Å². The molecule has 2 rings (SSSR count). The monoisotopic (exact) mass is 381 g/mol. The van der Waals surface area contributed by atoms with Crippen molar-refractivity contribution in [1.29, 1.82) is 0 Å². The standard InChI is InChI=1S/C15H13Br2NO/c1-9-6-7-11(8-13(9)17)15(19)18-14-5-3-4-12(16)10(14)2/h3-8H,1-2H3,(H,18,19). The number of halogens is 2. The Labute approximate surface area is 129 Å². The van der Waals surface area contributed by atoms with Crippen LogP contribution in [-0.4, -0.2) is 5.91 Å². The molecule has 2 aromatic rings. The minimum Gasteiger partial charge on any atom is -0.322 e. The topological polar surface area (TPSA) is 29.1 Å². The number of benzene rings is 2. The molecular weight excluding hydrogens is 370 g/mol. The summed E-state index contributed by atoms with van der Waals surface area (Å²) in [6.45, 7) is 3.95. The quantitative estimate of drug-likeness (QED) is 0.770. The van der Waals surface area contributed by atoms with Crippen molar-refractivity contribution in [2.75, 3.05) is 5.32 Å². The van der Waals surface area contributed by atoms with Gasteiger partial charge in [-0.3, -0.25) is 4.79 Å². The van der Waals surface area contributed by atoms with Gasteiger partial charge in [-0.15, -0.1) is 0 Å². The zero-order chi connectivity index (χ0) is 14.0. The molecule has 0 saturated heterocycles. The van der Waals surface area contributed by atoms with Crippen molar-refractivity contribution in [2.45, 2.75) is 13.8 Å². The minimum absolute atomic E-state index is 0.109. The van der Waals surface area contributed by atoms with Crippen LogP contribution in [0.25, 0.3) is 0 Å². The van der Waals surface area contributed by atoms with Gasteiger partial charge >= 0.3 is 0 Å². The summed E-state index contributed by atoms with van der Waals surface area (Å²) < 4.78 is 1.92. The normalized spacial score (nSPS) is 10.3. The van der Waals surface area contributed by atoms with Crippen molar-refractivity contribution in [3.05, 3.63) is 62.0 Å². The van der Waals surface area contributed by atoms with Gasteiger partial charge in [-0.25, -0.2) is 0 Å². The van der Waals surface area contributed by atoms with E-state index in [-0.39, 0.29) is 5.91 Å². The number of anilines is 1. The highest BCUT2D eigenvalue weighted by Gasteiger charge is 2.09. The van der Waals surface area contributed by atoms with Crippen LogP contribution in [0.1, 0.15) is 21.5 Å². The van der Waals surface area contributed by atoms with Crippen LogP contribution in [-0.2, 0) is 0 Å². The molecule has 98 valence electrons. The Morgan fingerprint density at radius 1 is 1.05 bits per heavy atom. The van der Waals surface area contributed by atoms with Crippen molar-refractivity contribution in [1.82, 2.24) is 0 Å². The van der Waals surface area contributed by atoms with Crippen molar-refractivity contribution in [3.63, 3.8) is 0 Å². The molecule has 2 nitrogen and oxygen atoms in total. The zero-order valence-corrected chi connectivity index (χ0v) is 13.8. The number of carbonyl (C=O) groups excluding carboxylic acids is 1. The molecule has 0 spiro atoms. The van der Waals surface area contributed by atoms with Crippen LogP contribution < -0.4 is 5.32 Å². The fourth-order valence-corrected chi connectivity index (χ4v) is 2.42. The molecule has 0 atom stereocenters. The second-order valence-electron chi connectivity index (χ2n) is 4.33. The van der Waals surface area contributed by atoms with Gasteiger partial charge in [0, 0.05) is 20.2 Å². The molecule has 0 heterocycles. The molecule has 4 heteroatoms. The van der Waals surface area contributed by atoms with Gasteiger partial charge < -0.3 is 5.32 Å². The summed E-state index contributed by atoms with van der Waals surface area (Å²) in [5.41, 5.74) is 3.57. The highest BCUT2D eigenvalue weighted by atomic mass is 79.9. The molecule has 0 aromatic heterocycles. The van der Waals surface area contributed by atoms with Crippen LogP contribution in [0.5, 0.6) is 0 Å².